The molecule has 98 valence electrons. The predicted octanol–water partition coefficient (Wildman–Crippen LogP) is 2.61. The van der Waals surface area contributed by atoms with E-state index in [0.717, 1.165) is 5.75 Å². The Morgan fingerprint density at radius 1 is 1.05 bits per heavy atom. The molecule has 0 aliphatic carbocycles. The van der Waals surface area contributed by atoms with Gasteiger partial charge in [-0.25, -0.2) is 0 Å². The molecule has 1 aliphatic heterocycles. The van der Waals surface area contributed by atoms with Gasteiger partial charge in [-0.05, 0) is 24.3 Å². The summed E-state index contributed by atoms with van der Waals surface area (Å²) in [6.07, 6.45) is -0.298. The molecular formula is C15H14O4. The smallest absolute Gasteiger partial charge is 0.165 e. The van der Waals surface area contributed by atoms with E-state index in [1.54, 1.807) is 12.1 Å². The van der Waals surface area contributed by atoms with Gasteiger partial charge in [0, 0.05) is 6.07 Å². The summed E-state index contributed by atoms with van der Waals surface area (Å²) in [5, 5.41) is 9.04. The third-order valence-corrected chi connectivity index (χ3v) is 2.82. The molecule has 0 fully saturated rings. The third kappa shape index (κ3) is 2.63. The van der Waals surface area contributed by atoms with Crippen LogP contribution in [0.3, 0.4) is 0 Å². The van der Waals surface area contributed by atoms with E-state index in [2.05, 4.69) is 0 Å². The fraction of sp³-hybridized carbons (Fsp3) is 0.200. The number of hydrogen-bond acceptors (Lipinski definition) is 4. The molecule has 0 saturated heterocycles. The molecule has 1 atom stereocenters. The summed E-state index contributed by atoms with van der Waals surface area (Å²) >= 11 is 0. The van der Waals surface area contributed by atoms with Crippen molar-refractivity contribution in [2.24, 2.45) is 0 Å². The molecule has 0 spiro atoms. The zero-order chi connectivity index (χ0) is 13.1. The van der Waals surface area contributed by atoms with Crippen LogP contribution in [0.4, 0.5) is 0 Å². The Morgan fingerprint density at radius 3 is 2.68 bits per heavy atom. The second kappa shape index (κ2) is 5.20. The molecular weight excluding hydrogens is 244 g/mol. The summed E-state index contributed by atoms with van der Waals surface area (Å²) in [7, 11) is 0. The Hall–Kier alpha value is -2.20. The van der Waals surface area contributed by atoms with Gasteiger partial charge < -0.3 is 19.3 Å². The van der Waals surface area contributed by atoms with Gasteiger partial charge in [-0.1, -0.05) is 18.2 Å². The summed E-state index contributed by atoms with van der Waals surface area (Å²) in [5.74, 6) is 2.73. The van der Waals surface area contributed by atoms with Gasteiger partial charge in [0.15, 0.2) is 17.6 Å². The van der Waals surface area contributed by atoms with E-state index in [-0.39, 0.29) is 12.7 Å². The van der Waals surface area contributed by atoms with Crippen molar-refractivity contribution in [2.45, 2.75) is 6.10 Å². The largest absolute Gasteiger partial charge is 0.486 e. The van der Waals surface area contributed by atoms with Crippen molar-refractivity contribution in [3.8, 4) is 23.0 Å². The van der Waals surface area contributed by atoms with Crippen molar-refractivity contribution in [2.75, 3.05) is 13.2 Å². The van der Waals surface area contributed by atoms with Gasteiger partial charge >= 0.3 is 0 Å². The predicted molar refractivity (Wildman–Crippen MR) is 70.0 cm³/mol. The van der Waals surface area contributed by atoms with Crippen LogP contribution in [-0.2, 0) is 0 Å². The monoisotopic (exact) mass is 258 g/mol. The van der Waals surface area contributed by atoms with Crippen LogP contribution < -0.4 is 14.2 Å². The molecule has 4 nitrogen and oxygen atoms in total. The minimum Gasteiger partial charge on any atom is -0.486 e. The quantitative estimate of drug-likeness (QED) is 0.919. The average Bonchev–Trinajstić information content (AvgIpc) is 2.48. The highest BCUT2D eigenvalue weighted by Crippen LogP contribution is 2.36. The lowest BCUT2D eigenvalue weighted by atomic mass is 10.2. The van der Waals surface area contributed by atoms with E-state index in [4.69, 9.17) is 19.3 Å². The molecule has 2 aromatic rings. The molecule has 4 heteroatoms. The van der Waals surface area contributed by atoms with Gasteiger partial charge in [0.25, 0.3) is 0 Å². The van der Waals surface area contributed by atoms with Gasteiger partial charge in [-0.2, -0.15) is 0 Å². The molecule has 0 unspecified atom stereocenters. The molecule has 0 bridgehead atoms. The molecule has 0 aromatic heterocycles. The number of aliphatic hydroxyl groups excluding tert-OH is 1. The standard InChI is InChI=1S/C15H14O4/c16-9-13-10-17-15-8-12(6-7-14(15)19-13)18-11-4-2-1-3-5-11/h1-8,13,16H,9-10H2/t13-/m0/s1. The molecule has 0 saturated carbocycles. The zero-order valence-electron chi connectivity index (χ0n) is 10.3. The van der Waals surface area contributed by atoms with Crippen LogP contribution in [0.5, 0.6) is 23.0 Å². The topological polar surface area (TPSA) is 47.9 Å². The average molecular weight is 258 g/mol. The van der Waals surface area contributed by atoms with E-state index < -0.39 is 0 Å². The Morgan fingerprint density at radius 2 is 1.89 bits per heavy atom. The maximum Gasteiger partial charge on any atom is 0.165 e. The molecule has 0 amide bonds. The normalized spacial score (nSPS) is 17.0. The highest BCUT2D eigenvalue weighted by atomic mass is 16.6. The van der Waals surface area contributed by atoms with Crippen LogP contribution in [0.25, 0.3) is 0 Å². The Bertz CT molecular complexity index is 553. The van der Waals surface area contributed by atoms with Crippen molar-refractivity contribution < 1.29 is 19.3 Å². The number of ether oxygens (including phenoxy) is 3. The lowest BCUT2D eigenvalue weighted by molar-refractivity contribution is 0.0455. The Labute approximate surface area is 111 Å². The van der Waals surface area contributed by atoms with Gasteiger partial charge in [-0.3, -0.25) is 0 Å². The second-order valence-corrected chi connectivity index (χ2v) is 4.26. The number of rotatable bonds is 3. The molecule has 1 N–H and O–H groups in total. The first-order chi connectivity index (χ1) is 9.35. The zero-order valence-corrected chi connectivity index (χ0v) is 10.3. The first kappa shape index (κ1) is 11.9. The SMILES string of the molecule is OC[C@H]1COc2cc(Oc3ccccc3)ccc2O1. The van der Waals surface area contributed by atoms with Crippen LogP contribution in [0.15, 0.2) is 48.5 Å². The van der Waals surface area contributed by atoms with Crippen LogP contribution in [0.1, 0.15) is 0 Å². The summed E-state index contributed by atoms with van der Waals surface area (Å²) in [6, 6.07) is 14.9. The van der Waals surface area contributed by atoms with E-state index >= 15 is 0 Å². The maximum absolute atomic E-state index is 9.04. The number of para-hydroxylation sites is 1. The Balaban J connectivity index is 1.79. The molecule has 19 heavy (non-hydrogen) atoms. The van der Waals surface area contributed by atoms with Crippen molar-refractivity contribution in [3.63, 3.8) is 0 Å². The molecule has 0 radical (unpaired) electrons. The van der Waals surface area contributed by atoms with Gasteiger partial charge in [-0.15, -0.1) is 0 Å². The van der Waals surface area contributed by atoms with Crippen LogP contribution in [0.2, 0.25) is 0 Å². The van der Waals surface area contributed by atoms with Gasteiger partial charge in [0.05, 0.1) is 6.61 Å². The second-order valence-electron chi connectivity index (χ2n) is 4.26. The number of fused-ring (bicyclic) bond motifs is 1. The van der Waals surface area contributed by atoms with E-state index in [9.17, 15) is 0 Å². The first-order valence-electron chi connectivity index (χ1n) is 6.12. The molecule has 1 aliphatic rings. The summed E-state index contributed by atoms with van der Waals surface area (Å²) in [4.78, 5) is 0. The maximum atomic E-state index is 9.04. The third-order valence-electron chi connectivity index (χ3n) is 2.82. The fourth-order valence-corrected chi connectivity index (χ4v) is 1.87. The molecule has 2 aromatic carbocycles. The van der Waals surface area contributed by atoms with Crippen molar-refractivity contribution in [1.82, 2.24) is 0 Å². The van der Waals surface area contributed by atoms with E-state index in [1.165, 1.54) is 0 Å². The minimum absolute atomic E-state index is 0.0539. The van der Waals surface area contributed by atoms with Gasteiger partial charge in [0.1, 0.15) is 18.1 Å². The molecule has 1 heterocycles. The first-order valence-corrected chi connectivity index (χ1v) is 6.12. The van der Waals surface area contributed by atoms with Crippen LogP contribution >= 0.6 is 0 Å². The summed E-state index contributed by atoms with van der Waals surface area (Å²) < 4.78 is 16.8. The number of hydrogen-bond donors (Lipinski definition) is 1. The fourth-order valence-electron chi connectivity index (χ4n) is 1.87. The van der Waals surface area contributed by atoms with E-state index in [0.29, 0.717) is 23.9 Å². The van der Waals surface area contributed by atoms with Gasteiger partial charge in [0.2, 0.25) is 0 Å². The highest BCUT2D eigenvalue weighted by molar-refractivity contribution is 5.47. The number of aliphatic hydroxyl groups is 1. The van der Waals surface area contributed by atoms with Crippen LogP contribution in [-0.4, -0.2) is 24.4 Å². The summed E-state index contributed by atoms with van der Waals surface area (Å²) in [5.41, 5.74) is 0. The van der Waals surface area contributed by atoms with Crippen LogP contribution in [0, 0.1) is 0 Å². The Kier molecular flexibility index (Phi) is 3.25. The van der Waals surface area contributed by atoms with Crippen molar-refractivity contribution in [1.29, 1.82) is 0 Å². The lowest BCUT2D eigenvalue weighted by Crippen LogP contribution is -2.32. The van der Waals surface area contributed by atoms with E-state index in [1.807, 2.05) is 36.4 Å². The minimum atomic E-state index is -0.298. The number of benzene rings is 2. The highest BCUT2D eigenvalue weighted by Gasteiger charge is 2.20. The molecule has 3 rings (SSSR count). The van der Waals surface area contributed by atoms with Crippen molar-refractivity contribution >= 4 is 0 Å². The van der Waals surface area contributed by atoms with Crippen molar-refractivity contribution in [3.05, 3.63) is 48.5 Å². The lowest BCUT2D eigenvalue weighted by Gasteiger charge is -2.25. The summed E-state index contributed by atoms with van der Waals surface area (Å²) in [6.45, 7) is 0.292.